The maximum atomic E-state index is 13.2. The van der Waals surface area contributed by atoms with Crippen molar-refractivity contribution in [2.75, 3.05) is 6.61 Å². The van der Waals surface area contributed by atoms with E-state index in [2.05, 4.69) is 5.32 Å². The maximum absolute atomic E-state index is 13.2. The van der Waals surface area contributed by atoms with E-state index in [0.717, 1.165) is 25.0 Å². The molecule has 0 radical (unpaired) electrons. The summed E-state index contributed by atoms with van der Waals surface area (Å²) < 4.78 is 26.0. The fourth-order valence-electron chi connectivity index (χ4n) is 2.54. The van der Waals surface area contributed by atoms with Crippen molar-refractivity contribution in [2.45, 2.75) is 44.2 Å². The van der Waals surface area contributed by atoms with Gasteiger partial charge >= 0.3 is 0 Å². The Kier molecular flexibility index (Phi) is 4.66. The molecule has 0 saturated heterocycles. The van der Waals surface area contributed by atoms with E-state index in [9.17, 15) is 13.9 Å². The number of nitrogens with one attached hydrogen (secondary N) is 1. The molecule has 4 heteroatoms. The highest BCUT2D eigenvalue weighted by molar-refractivity contribution is 5.21. The average molecular weight is 255 g/mol. The lowest BCUT2D eigenvalue weighted by Crippen LogP contribution is -2.36. The van der Waals surface area contributed by atoms with Crippen LogP contribution in [0.15, 0.2) is 18.2 Å². The summed E-state index contributed by atoms with van der Waals surface area (Å²) >= 11 is 0. The molecule has 0 heterocycles. The molecule has 2 nitrogen and oxygen atoms in total. The molecule has 1 aliphatic carbocycles. The third-order valence-electron chi connectivity index (χ3n) is 3.57. The van der Waals surface area contributed by atoms with E-state index in [1.807, 2.05) is 0 Å². The molecular formula is C14H19F2NO. The minimum Gasteiger partial charge on any atom is -0.394 e. The molecule has 0 amide bonds. The van der Waals surface area contributed by atoms with E-state index in [1.54, 1.807) is 0 Å². The molecule has 1 atom stereocenters. The summed E-state index contributed by atoms with van der Waals surface area (Å²) in [6, 6.07) is 3.84. The third-order valence-corrected chi connectivity index (χ3v) is 3.57. The fourth-order valence-corrected chi connectivity index (χ4v) is 2.54. The van der Waals surface area contributed by atoms with Gasteiger partial charge in [-0.1, -0.05) is 25.3 Å². The Bertz CT molecular complexity index is 391. The Hall–Kier alpha value is -1.00. The van der Waals surface area contributed by atoms with Crippen LogP contribution < -0.4 is 5.32 Å². The van der Waals surface area contributed by atoms with E-state index in [0.29, 0.717) is 11.6 Å². The van der Waals surface area contributed by atoms with Crippen molar-refractivity contribution in [2.24, 2.45) is 0 Å². The molecule has 1 fully saturated rings. The fraction of sp³-hybridized carbons (Fsp3) is 0.571. The van der Waals surface area contributed by atoms with Gasteiger partial charge in [-0.2, -0.15) is 0 Å². The van der Waals surface area contributed by atoms with Crippen LogP contribution in [0.3, 0.4) is 0 Å². The second-order valence-corrected chi connectivity index (χ2v) is 4.91. The molecule has 1 unspecified atom stereocenters. The lowest BCUT2D eigenvalue weighted by atomic mass is 9.94. The lowest BCUT2D eigenvalue weighted by molar-refractivity contribution is 0.220. The number of benzene rings is 1. The predicted octanol–water partition coefficient (Wildman–Crippen LogP) is 2.92. The second kappa shape index (κ2) is 6.25. The standard InChI is InChI=1S/C14H19F2NO/c15-12-7-6-10(8-13(12)16)14(9-18)17-11-4-2-1-3-5-11/h6-8,11,14,17-18H,1-5,9H2. The van der Waals surface area contributed by atoms with Crippen molar-refractivity contribution >= 4 is 0 Å². The molecule has 0 aromatic heterocycles. The van der Waals surface area contributed by atoms with Gasteiger partial charge in [-0.05, 0) is 30.5 Å². The summed E-state index contributed by atoms with van der Waals surface area (Å²) in [7, 11) is 0. The second-order valence-electron chi connectivity index (χ2n) is 4.91. The minimum atomic E-state index is -0.864. The van der Waals surface area contributed by atoms with Gasteiger partial charge in [-0.25, -0.2) is 8.78 Å². The van der Waals surface area contributed by atoms with Crippen molar-refractivity contribution in [3.63, 3.8) is 0 Å². The van der Waals surface area contributed by atoms with Gasteiger partial charge in [-0.3, -0.25) is 0 Å². The number of rotatable bonds is 4. The molecule has 0 bridgehead atoms. The van der Waals surface area contributed by atoms with Crippen LogP contribution in [0.2, 0.25) is 0 Å². The van der Waals surface area contributed by atoms with E-state index in [-0.39, 0.29) is 12.6 Å². The van der Waals surface area contributed by atoms with Gasteiger partial charge in [0.05, 0.1) is 12.6 Å². The van der Waals surface area contributed by atoms with E-state index < -0.39 is 11.6 Å². The van der Waals surface area contributed by atoms with Crippen LogP contribution in [0.5, 0.6) is 0 Å². The molecular weight excluding hydrogens is 236 g/mol. The quantitative estimate of drug-likeness (QED) is 0.867. The largest absolute Gasteiger partial charge is 0.394 e. The third kappa shape index (κ3) is 3.27. The predicted molar refractivity (Wildman–Crippen MR) is 66.2 cm³/mol. The van der Waals surface area contributed by atoms with Crippen molar-refractivity contribution in [3.8, 4) is 0 Å². The topological polar surface area (TPSA) is 32.3 Å². The summed E-state index contributed by atoms with van der Waals surface area (Å²) in [5.74, 6) is -1.72. The van der Waals surface area contributed by atoms with Gasteiger partial charge in [-0.15, -0.1) is 0 Å². The highest BCUT2D eigenvalue weighted by atomic mass is 19.2. The van der Waals surface area contributed by atoms with Gasteiger partial charge < -0.3 is 10.4 Å². The molecule has 1 aliphatic rings. The van der Waals surface area contributed by atoms with Crippen LogP contribution in [0.1, 0.15) is 43.7 Å². The Morgan fingerprint density at radius 2 is 1.89 bits per heavy atom. The normalized spacial score (nSPS) is 18.8. The molecule has 0 aliphatic heterocycles. The van der Waals surface area contributed by atoms with Gasteiger partial charge in [0, 0.05) is 6.04 Å². The lowest BCUT2D eigenvalue weighted by Gasteiger charge is -2.27. The zero-order valence-electron chi connectivity index (χ0n) is 10.3. The first-order chi connectivity index (χ1) is 8.70. The number of halogens is 2. The van der Waals surface area contributed by atoms with Gasteiger partial charge in [0.2, 0.25) is 0 Å². The molecule has 1 aromatic carbocycles. The van der Waals surface area contributed by atoms with Crippen LogP contribution >= 0.6 is 0 Å². The van der Waals surface area contributed by atoms with Crippen molar-refractivity contribution in [3.05, 3.63) is 35.4 Å². The molecule has 18 heavy (non-hydrogen) atoms. The smallest absolute Gasteiger partial charge is 0.159 e. The zero-order valence-corrected chi connectivity index (χ0v) is 10.3. The SMILES string of the molecule is OCC(NC1CCCCC1)c1ccc(F)c(F)c1. The average Bonchev–Trinajstić information content (AvgIpc) is 2.40. The molecule has 2 N–H and O–H groups in total. The molecule has 0 spiro atoms. The first kappa shape index (κ1) is 13.4. The van der Waals surface area contributed by atoms with E-state index >= 15 is 0 Å². The highest BCUT2D eigenvalue weighted by Gasteiger charge is 2.19. The minimum absolute atomic E-state index is 0.110. The van der Waals surface area contributed by atoms with Crippen LogP contribution in [-0.2, 0) is 0 Å². The zero-order chi connectivity index (χ0) is 13.0. The summed E-state index contributed by atoms with van der Waals surface area (Å²) in [6.07, 6.45) is 5.80. The summed E-state index contributed by atoms with van der Waals surface area (Å²) in [5.41, 5.74) is 0.599. The summed E-state index contributed by atoms with van der Waals surface area (Å²) in [5, 5.41) is 12.7. The molecule has 1 saturated carbocycles. The van der Waals surface area contributed by atoms with Crippen molar-refractivity contribution in [1.82, 2.24) is 5.32 Å². The Morgan fingerprint density at radius 1 is 1.17 bits per heavy atom. The Morgan fingerprint density at radius 3 is 2.50 bits per heavy atom. The van der Waals surface area contributed by atoms with Crippen molar-refractivity contribution in [1.29, 1.82) is 0 Å². The van der Waals surface area contributed by atoms with E-state index in [1.165, 1.54) is 25.3 Å². The number of hydrogen-bond donors (Lipinski definition) is 2. The van der Waals surface area contributed by atoms with Gasteiger partial charge in [0.1, 0.15) is 0 Å². The van der Waals surface area contributed by atoms with Gasteiger partial charge in [0.25, 0.3) is 0 Å². The highest BCUT2D eigenvalue weighted by Crippen LogP contribution is 2.22. The van der Waals surface area contributed by atoms with Crippen LogP contribution in [0.25, 0.3) is 0 Å². The van der Waals surface area contributed by atoms with Crippen LogP contribution in [0.4, 0.5) is 8.78 Å². The first-order valence-electron chi connectivity index (χ1n) is 6.52. The van der Waals surface area contributed by atoms with E-state index in [4.69, 9.17) is 0 Å². The molecule has 100 valence electrons. The number of hydrogen-bond acceptors (Lipinski definition) is 2. The maximum Gasteiger partial charge on any atom is 0.159 e. The monoisotopic (exact) mass is 255 g/mol. The van der Waals surface area contributed by atoms with Crippen LogP contribution in [0, 0.1) is 11.6 Å². The first-order valence-corrected chi connectivity index (χ1v) is 6.52. The summed E-state index contributed by atoms with van der Waals surface area (Å²) in [4.78, 5) is 0. The molecule has 1 aromatic rings. The van der Waals surface area contributed by atoms with Crippen molar-refractivity contribution < 1.29 is 13.9 Å². The number of aliphatic hydroxyl groups is 1. The Balaban J connectivity index is 2.04. The Labute approximate surface area is 106 Å². The number of aliphatic hydroxyl groups excluding tert-OH is 1. The van der Waals surface area contributed by atoms with Gasteiger partial charge in [0.15, 0.2) is 11.6 Å². The summed E-state index contributed by atoms with van der Waals surface area (Å²) in [6.45, 7) is -0.110. The van der Waals surface area contributed by atoms with Crippen LogP contribution in [-0.4, -0.2) is 17.8 Å². The molecule has 2 rings (SSSR count).